The molecule has 3 heteroatoms. The van der Waals surface area contributed by atoms with Gasteiger partial charge in [-0.15, -0.1) is 0 Å². The summed E-state index contributed by atoms with van der Waals surface area (Å²) in [4.78, 5) is 10.3. The maximum Gasteiger partial charge on any atom is 0.328 e. The topological polar surface area (TPSA) is 57.5 Å². The molecular weight excluding hydrogens is 180 g/mol. The number of phenolic OH excluding ortho intramolecular Hbond substituents is 1. The number of rotatable bonds is 2. The summed E-state index contributed by atoms with van der Waals surface area (Å²) in [6.45, 7) is 3.75. The fourth-order valence-electron chi connectivity index (χ4n) is 1.19. The Kier molecular flexibility index (Phi) is 2.92. The number of carboxylic acid groups (broad SMARTS) is 1. The molecule has 0 fully saturated rings. The van der Waals surface area contributed by atoms with E-state index in [1.165, 1.54) is 6.08 Å². The number of aryl methyl sites for hydroxylation is 1. The number of hydrogen-bond acceptors (Lipinski definition) is 2. The molecule has 74 valence electrons. The van der Waals surface area contributed by atoms with Crippen LogP contribution in [-0.2, 0) is 4.79 Å². The van der Waals surface area contributed by atoms with Gasteiger partial charge in [-0.25, -0.2) is 4.79 Å². The SMILES string of the molecule is Cc1ccc(O)c(/C=C/C(=O)O)c1C. The van der Waals surface area contributed by atoms with Crippen LogP contribution < -0.4 is 0 Å². The quantitative estimate of drug-likeness (QED) is 0.705. The van der Waals surface area contributed by atoms with E-state index >= 15 is 0 Å². The van der Waals surface area contributed by atoms with Gasteiger partial charge in [0.1, 0.15) is 5.75 Å². The van der Waals surface area contributed by atoms with Gasteiger partial charge < -0.3 is 10.2 Å². The third-order valence-electron chi connectivity index (χ3n) is 2.16. The molecule has 2 N–H and O–H groups in total. The number of carboxylic acids is 1. The van der Waals surface area contributed by atoms with Gasteiger partial charge in [-0.1, -0.05) is 6.07 Å². The third-order valence-corrected chi connectivity index (χ3v) is 2.16. The van der Waals surface area contributed by atoms with Crippen molar-refractivity contribution in [3.05, 3.63) is 34.9 Å². The first-order valence-electron chi connectivity index (χ1n) is 4.22. The fourth-order valence-corrected chi connectivity index (χ4v) is 1.19. The first-order chi connectivity index (χ1) is 6.52. The molecule has 0 radical (unpaired) electrons. The van der Waals surface area contributed by atoms with Crippen LogP contribution in [0.2, 0.25) is 0 Å². The predicted octanol–water partition coefficient (Wildman–Crippen LogP) is 2.11. The molecule has 0 saturated heterocycles. The molecule has 0 saturated carbocycles. The Labute approximate surface area is 82.3 Å². The van der Waals surface area contributed by atoms with Gasteiger partial charge in [-0.3, -0.25) is 0 Å². The average Bonchev–Trinajstić information content (AvgIpc) is 2.11. The second-order valence-electron chi connectivity index (χ2n) is 3.11. The summed E-state index contributed by atoms with van der Waals surface area (Å²) in [5.41, 5.74) is 2.47. The van der Waals surface area contributed by atoms with E-state index < -0.39 is 5.97 Å². The van der Waals surface area contributed by atoms with Gasteiger partial charge in [0.25, 0.3) is 0 Å². The molecule has 1 rings (SSSR count). The highest BCUT2D eigenvalue weighted by molar-refractivity contribution is 5.86. The molecule has 0 bridgehead atoms. The predicted molar refractivity (Wildman–Crippen MR) is 54.3 cm³/mol. The van der Waals surface area contributed by atoms with E-state index in [1.807, 2.05) is 13.8 Å². The van der Waals surface area contributed by atoms with E-state index in [4.69, 9.17) is 5.11 Å². The zero-order valence-corrected chi connectivity index (χ0v) is 8.11. The average molecular weight is 192 g/mol. The van der Waals surface area contributed by atoms with E-state index in [-0.39, 0.29) is 5.75 Å². The van der Waals surface area contributed by atoms with Crippen molar-refractivity contribution in [2.24, 2.45) is 0 Å². The van der Waals surface area contributed by atoms with Crippen LogP contribution >= 0.6 is 0 Å². The summed E-state index contributed by atoms with van der Waals surface area (Å²) >= 11 is 0. The first kappa shape index (κ1) is 10.3. The second-order valence-corrected chi connectivity index (χ2v) is 3.11. The fraction of sp³-hybridized carbons (Fsp3) is 0.182. The van der Waals surface area contributed by atoms with Gasteiger partial charge in [0.05, 0.1) is 0 Å². The summed E-state index contributed by atoms with van der Waals surface area (Å²) in [6, 6.07) is 3.35. The van der Waals surface area contributed by atoms with Crippen molar-refractivity contribution < 1.29 is 15.0 Å². The van der Waals surface area contributed by atoms with E-state index in [2.05, 4.69) is 0 Å². The molecule has 0 aromatic heterocycles. The number of hydrogen-bond donors (Lipinski definition) is 2. The van der Waals surface area contributed by atoms with Crippen LogP contribution in [0.3, 0.4) is 0 Å². The smallest absolute Gasteiger partial charge is 0.328 e. The van der Waals surface area contributed by atoms with E-state index in [9.17, 15) is 9.90 Å². The van der Waals surface area contributed by atoms with E-state index in [0.717, 1.165) is 17.2 Å². The minimum Gasteiger partial charge on any atom is -0.507 e. The number of aliphatic carboxylic acids is 1. The minimum atomic E-state index is -1.02. The van der Waals surface area contributed by atoms with Gasteiger partial charge in [-0.2, -0.15) is 0 Å². The van der Waals surface area contributed by atoms with E-state index in [0.29, 0.717) is 5.56 Å². The van der Waals surface area contributed by atoms with E-state index in [1.54, 1.807) is 12.1 Å². The Morgan fingerprint density at radius 1 is 1.36 bits per heavy atom. The molecule has 0 aliphatic carbocycles. The highest BCUT2D eigenvalue weighted by Gasteiger charge is 2.03. The van der Waals surface area contributed by atoms with Crippen molar-refractivity contribution >= 4 is 12.0 Å². The molecule has 0 amide bonds. The Morgan fingerprint density at radius 2 is 2.00 bits per heavy atom. The Hall–Kier alpha value is -1.77. The molecule has 0 atom stereocenters. The van der Waals surface area contributed by atoms with Crippen LogP contribution in [0.15, 0.2) is 18.2 Å². The van der Waals surface area contributed by atoms with Crippen LogP contribution in [0.5, 0.6) is 5.75 Å². The number of aromatic hydroxyl groups is 1. The van der Waals surface area contributed by atoms with Gasteiger partial charge in [0, 0.05) is 11.6 Å². The van der Waals surface area contributed by atoms with Crippen molar-refractivity contribution in [2.75, 3.05) is 0 Å². The van der Waals surface area contributed by atoms with Crippen LogP contribution in [0.1, 0.15) is 16.7 Å². The second kappa shape index (κ2) is 3.96. The summed E-state index contributed by atoms with van der Waals surface area (Å²) in [5, 5.41) is 17.9. The van der Waals surface area contributed by atoms with Crippen LogP contribution in [0, 0.1) is 13.8 Å². The molecule has 1 aromatic carbocycles. The first-order valence-corrected chi connectivity index (χ1v) is 4.22. The summed E-state index contributed by atoms with van der Waals surface area (Å²) in [5.74, 6) is -0.920. The lowest BCUT2D eigenvalue weighted by molar-refractivity contribution is -0.131. The lowest BCUT2D eigenvalue weighted by Gasteiger charge is -2.06. The van der Waals surface area contributed by atoms with Crippen LogP contribution in [0.4, 0.5) is 0 Å². The van der Waals surface area contributed by atoms with Crippen LogP contribution in [0.25, 0.3) is 6.08 Å². The standard InChI is InChI=1S/C11H12O3/c1-7-3-5-10(12)9(8(7)2)4-6-11(13)14/h3-6,12H,1-2H3,(H,13,14)/b6-4+. The molecule has 14 heavy (non-hydrogen) atoms. The van der Waals surface area contributed by atoms with Gasteiger partial charge in [0.15, 0.2) is 0 Å². The lowest BCUT2D eigenvalue weighted by Crippen LogP contribution is -1.89. The number of phenols is 1. The normalized spacial score (nSPS) is 10.7. The van der Waals surface area contributed by atoms with Crippen LogP contribution in [-0.4, -0.2) is 16.2 Å². The third kappa shape index (κ3) is 2.13. The zero-order chi connectivity index (χ0) is 10.7. The summed E-state index contributed by atoms with van der Waals surface area (Å²) < 4.78 is 0. The summed E-state index contributed by atoms with van der Waals surface area (Å²) in [7, 11) is 0. The lowest BCUT2D eigenvalue weighted by atomic mass is 10.0. The molecule has 0 unspecified atom stereocenters. The molecular formula is C11H12O3. The molecule has 1 aromatic rings. The number of benzene rings is 1. The van der Waals surface area contributed by atoms with Gasteiger partial charge in [-0.05, 0) is 37.1 Å². The molecule has 3 nitrogen and oxygen atoms in total. The zero-order valence-electron chi connectivity index (χ0n) is 8.11. The Morgan fingerprint density at radius 3 is 2.57 bits per heavy atom. The molecule has 0 aliphatic rings. The van der Waals surface area contributed by atoms with Crippen molar-refractivity contribution in [3.8, 4) is 5.75 Å². The molecule has 0 spiro atoms. The van der Waals surface area contributed by atoms with Crippen molar-refractivity contribution in [3.63, 3.8) is 0 Å². The molecule has 0 heterocycles. The van der Waals surface area contributed by atoms with Crippen molar-refractivity contribution in [2.45, 2.75) is 13.8 Å². The maximum absolute atomic E-state index is 10.3. The largest absolute Gasteiger partial charge is 0.507 e. The Bertz CT molecular complexity index is 392. The molecule has 0 aliphatic heterocycles. The van der Waals surface area contributed by atoms with Gasteiger partial charge >= 0.3 is 5.97 Å². The van der Waals surface area contributed by atoms with Crippen molar-refractivity contribution in [1.82, 2.24) is 0 Å². The number of carbonyl (C=O) groups is 1. The summed E-state index contributed by atoms with van der Waals surface area (Å²) in [6.07, 6.45) is 2.42. The highest BCUT2D eigenvalue weighted by Crippen LogP contribution is 2.24. The monoisotopic (exact) mass is 192 g/mol. The highest BCUT2D eigenvalue weighted by atomic mass is 16.4. The maximum atomic E-state index is 10.3. The van der Waals surface area contributed by atoms with Crippen molar-refractivity contribution in [1.29, 1.82) is 0 Å². The van der Waals surface area contributed by atoms with Gasteiger partial charge in [0.2, 0.25) is 0 Å². The Balaban J connectivity index is 3.19. The minimum absolute atomic E-state index is 0.102.